The van der Waals surface area contributed by atoms with Gasteiger partial charge in [0.15, 0.2) is 6.61 Å². The van der Waals surface area contributed by atoms with Crippen LogP contribution >= 0.6 is 11.6 Å². The zero-order valence-electron chi connectivity index (χ0n) is 15.6. The van der Waals surface area contributed by atoms with E-state index in [2.05, 4.69) is 10.3 Å². The molecule has 0 aliphatic carbocycles. The molecule has 2 heterocycles. The third kappa shape index (κ3) is 4.17. The number of fused-ring (bicyclic) bond motifs is 1. The fourth-order valence-corrected chi connectivity index (χ4v) is 3.04. The summed E-state index contributed by atoms with van der Waals surface area (Å²) in [5.74, 6) is 1.60. The van der Waals surface area contributed by atoms with E-state index in [1.54, 1.807) is 31.4 Å². The first-order valence-electron chi connectivity index (χ1n) is 8.94. The molecule has 0 saturated carbocycles. The Morgan fingerprint density at radius 2 is 1.76 bits per heavy atom. The van der Waals surface area contributed by atoms with Crippen LogP contribution in [0.4, 0.5) is 5.82 Å². The second kappa shape index (κ2) is 8.24. The summed E-state index contributed by atoms with van der Waals surface area (Å²) >= 11 is 5.87. The second-order valence-electron chi connectivity index (χ2n) is 6.26. The molecule has 2 aromatic heterocycles. The summed E-state index contributed by atoms with van der Waals surface area (Å²) in [6.07, 6.45) is 1.85. The topological polar surface area (TPSA) is 64.9 Å². The monoisotopic (exact) mass is 407 g/mol. The quantitative estimate of drug-likeness (QED) is 0.504. The minimum absolute atomic E-state index is 0.135. The molecule has 0 aliphatic heterocycles. The molecular formula is C22H18ClN3O3. The van der Waals surface area contributed by atoms with Crippen LogP contribution in [0.15, 0.2) is 72.9 Å². The van der Waals surface area contributed by atoms with Gasteiger partial charge in [0.1, 0.15) is 28.7 Å². The van der Waals surface area contributed by atoms with Gasteiger partial charge < -0.3 is 14.8 Å². The van der Waals surface area contributed by atoms with Gasteiger partial charge in [-0.2, -0.15) is 0 Å². The average molecular weight is 408 g/mol. The Morgan fingerprint density at radius 3 is 2.48 bits per heavy atom. The number of carbonyl (C=O) groups is 1. The van der Waals surface area contributed by atoms with Crippen molar-refractivity contribution in [3.63, 3.8) is 0 Å². The van der Waals surface area contributed by atoms with Crippen molar-refractivity contribution in [2.24, 2.45) is 0 Å². The number of benzene rings is 2. The molecule has 0 unspecified atom stereocenters. The van der Waals surface area contributed by atoms with E-state index in [0.29, 0.717) is 22.3 Å². The highest BCUT2D eigenvalue weighted by atomic mass is 35.5. The lowest BCUT2D eigenvalue weighted by Crippen LogP contribution is -2.21. The Hall–Kier alpha value is -3.51. The van der Waals surface area contributed by atoms with Crippen LogP contribution < -0.4 is 14.8 Å². The zero-order chi connectivity index (χ0) is 20.2. The van der Waals surface area contributed by atoms with Crippen molar-refractivity contribution in [3.05, 3.63) is 77.9 Å². The molecule has 0 spiro atoms. The van der Waals surface area contributed by atoms with Crippen molar-refractivity contribution in [1.82, 2.24) is 9.38 Å². The van der Waals surface area contributed by atoms with Gasteiger partial charge >= 0.3 is 0 Å². The van der Waals surface area contributed by atoms with Gasteiger partial charge in [-0.3, -0.25) is 9.20 Å². The first-order chi connectivity index (χ1) is 14.1. The van der Waals surface area contributed by atoms with Crippen LogP contribution in [-0.4, -0.2) is 29.0 Å². The molecule has 2 aromatic carbocycles. The normalized spacial score (nSPS) is 10.7. The summed E-state index contributed by atoms with van der Waals surface area (Å²) in [7, 11) is 1.62. The van der Waals surface area contributed by atoms with Crippen molar-refractivity contribution in [2.75, 3.05) is 19.0 Å². The van der Waals surface area contributed by atoms with Crippen LogP contribution in [0.3, 0.4) is 0 Å². The number of ether oxygens (including phenoxy) is 2. The average Bonchev–Trinajstić information content (AvgIpc) is 3.12. The fraction of sp³-hybridized carbons (Fsp3) is 0.0909. The Bertz CT molecular complexity index is 1140. The van der Waals surface area contributed by atoms with Crippen LogP contribution in [0, 0.1) is 0 Å². The van der Waals surface area contributed by atoms with E-state index in [1.807, 2.05) is 53.1 Å². The van der Waals surface area contributed by atoms with Crippen LogP contribution in [0.2, 0.25) is 5.02 Å². The van der Waals surface area contributed by atoms with Crippen LogP contribution in [0.1, 0.15) is 0 Å². The number of imidazole rings is 1. The first-order valence-corrected chi connectivity index (χ1v) is 9.31. The lowest BCUT2D eigenvalue weighted by Gasteiger charge is -2.09. The van der Waals surface area contributed by atoms with Crippen molar-refractivity contribution >= 4 is 29.0 Å². The molecule has 6 nitrogen and oxygen atoms in total. The third-order valence-electron chi connectivity index (χ3n) is 4.33. The van der Waals surface area contributed by atoms with Crippen LogP contribution in [0.25, 0.3) is 16.9 Å². The third-order valence-corrected chi connectivity index (χ3v) is 4.59. The first kappa shape index (κ1) is 18.8. The summed E-state index contributed by atoms with van der Waals surface area (Å²) in [5, 5.41) is 3.53. The molecule has 0 saturated heterocycles. The summed E-state index contributed by atoms with van der Waals surface area (Å²) in [5.41, 5.74) is 2.26. The number of nitrogens with zero attached hydrogens (tertiary/aromatic N) is 2. The van der Waals surface area contributed by atoms with Crippen molar-refractivity contribution in [2.45, 2.75) is 0 Å². The molecule has 4 aromatic rings. The van der Waals surface area contributed by atoms with Crippen LogP contribution in [-0.2, 0) is 4.79 Å². The Kier molecular flexibility index (Phi) is 5.35. The van der Waals surface area contributed by atoms with E-state index < -0.39 is 0 Å². The number of halogens is 1. The molecule has 7 heteroatoms. The maximum absolute atomic E-state index is 12.6. The van der Waals surface area contributed by atoms with E-state index in [0.717, 1.165) is 17.0 Å². The van der Waals surface area contributed by atoms with Gasteiger partial charge in [0.25, 0.3) is 5.91 Å². The second-order valence-corrected chi connectivity index (χ2v) is 6.69. The van der Waals surface area contributed by atoms with Gasteiger partial charge in [-0.1, -0.05) is 17.7 Å². The van der Waals surface area contributed by atoms with Crippen molar-refractivity contribution in [3.8, 4) is 22.8 Å². The maximum atomic E-state index is 12.6. The lowest BCUT2D eigenvalue weighted by molar-refractivity contribution is -0.118. The van der Waals surface area contributed by atoms with Crippen LogP contribution in [0.5, 0.6) is 11.5 Å². The number of pyridine rings is 1. The number of rotatable bonds is 6. The van der Waals surface area contributed by atoms with E-state index in [4.69, 9.17) is 21.1 Å². The van der Waals surface area contributed by atoms with E-state index in [9.17, 15) is 4.79 Å². The number of carbonyl (C=O) groups excluding carboxylic acids is 1. The Balaban J connectivity index is 1.59. The molecule has 1 amide bonds. The summed E-state index contributed by atoms with van der Waals surface area (Å²) in [6, 6.07) is 20.0. The highest BCUT2D eigenvalue weighted by molar-refractivity contribution is 6.30. The van der Waals surface area contributed by atoms with Gasteiger partial charge in [-0.15, -0.1) is 0 Å². The van der Waals surface area contributed by atoms with Gasteiger partial charge in [-0.05, 0) is 60.7 Å². The highest BCUT2D eigenvalue weighted by Gasteiger charge is 2.16. The molecule has 0 aliphatic rings. The molecule has 0 atom stereocenters. The smallest absolute Gasteiger partial charge is 0.263 e. The summed E-state index contributed by atoms with van der Waals surface area (Å²) in [6.45, 7) is -0.135. The van der Waals surface area contributed by atoms with E-state index in [1.165, 1.54) is 0 Å². The largest absolute Gasteiger partial charge is 0.497 e. The van der Waals surface area contributed by atoms with Gasteiger partial charge in [0, 0.05) is 16.8 Å². The van der Waals surface area contributed by atoms with Gasteiger partial charge in [0.05, 0.1) is 7.11 Å². The van der Waals surface area contributed by atoms with E-state index >= 15 is 0 Å². The molecule has 0 bridgehead atoms. The molecule has 0 radical (unpaired) electrons. The molecule has 0 fully saturated rings. The maximum Gasteiger partial charge on any atom is 0.263 e. The number of anilines is 1. The molecule has 4 rings (SSSR count). The number of aromatic nitrogens is 2. The number of methoxy groups -OCH3 is 1. The Labute approximate surface area is 172 Å². The fourth-order valence-electron chi connectivity index (χ4n) is 2.91. The van der Waals surface area contributed by atoms with Crippen molar-refractivity contribution < 1.29 is 14.3 Å². The van der Waals surface area contributed by atoms with Crippen molar-refractivity contribution in [1.29, 1.82) is 0 Å². The summed E-state index contributed by atoms with van der Waals surface area (Å²) < 4.78 is 12.6. The molecule has 1 N–H and O–H groups in total. The van der Waals surface area contributed by atoms with E-state index in [-0.39, 0.29) is 12.5 Å². The molecule has 29 heavy (non-hydrogen) atoms. The number of hydrogen-bond acceptors (Lipinski definition) is 4. The van der Waals surface area contributed by atoms with Gasteiger partial charge in [0.2, 0.25) is 0 Å². The predicted octanol–water partition coefficient (Wildman–Crippen LogP) is 4.68. The molecular weight excluding hydrogens is 390 g/mol. The summed E-state index contributed by atoms with van der Waals surface area (Å²) in [4.78, 5) is 17.2. The highest BCUT2D eigenvalue weighted by Crippen LogP contribution is 2.30. The minimum Gasteiger partial charge on any atom is -0.497 e. The number of nitrogens with one attached hydrogen (secondary N) is 1. The lowest BCUT2D eigenvalue weighted by atomic mass is 10.1. The SMILES string of the molecule is COc1ccc(-c2nc3ccccn3c2NC(=O)COc2ccc(Cl)cc2)cc1. The van der Waals surface area contributed by atoms with Gasteiger partial charge in [-0.25, -0.2) is 4.98 Å². The zero-order valence-corrected chi connectivity index (χ0v) is 16.4. The number of hydrogen-bond donors (Lipinski definition) is 1. The number of amides is 1. The minimum atomic E-state index is -0.291. The predicted molar refractivity (Wildman–Crippen MR) is 113 cm³/mol. The standard InChI is InChI=1S/C22H18ClN3O3/c1-28-17-9-5-15(6-10-17)21-22(26-13-3-2-4-19(26)24-21)25-20(27)14-29-18-11-7-16(23)8-12-18/h2-13H,14H2,1H3,(H,25,27). The molecule has 146 valence electrons. The Morgan fingerprint density at radius 1 is 1.03 bits per heavy atom.